The molecule has 1 N–H and O–H groups in total. The van der Waals surface area contributed by atoms with E-state index < -0.39 is 16.8 Å². The minimum absolute atomic E-state index is 0.0739. The number of carbonyl (C=O) groups is 2. The van der Waals surface area contributed by atoms with Crippen molar-refractivity contribution >= 4 is 17.7 Å². The van der Waals surface area contributed by atoms with E-state index in [0.29, 0.717) is 5.82 Å². The minimum Gasteiger partial charge on any atom is -0.481 e. The number of aliphatic carboxylic acids is 1. The maximum Gasteiger partial charge on any atom is 0.381 e. The number of carbonyl (C=O) groups excluding carboxylic acids is 1. The third kappa shape index (κ3) is 3.60. The van der Waals surface area contributed by atoms with Gasteiger partial charge in [-0.05, 0) is 22.7 Å². The van der Waals surface area contributed by atoms with Crippen LogP contribution in [0.2, 0.25) is 0 Å². The van der Waals surface area contributed by atoms with E-state index in [-0.39, 0.29) is 30.9 Å². The van der Waals surface area contributed by atoms with Gasteiger partial charge in [0.05, 0.1) is 5.92 Å². The third-order valence-electron chi connectivity index (χ3n) is 3.66. The van der Waals surface area contributed by atoms with Crippen LogP contribution in [0.1, 0.15) is 25.6 Å². The number of nitrogens with zero attached hydrogens (tertiary/aromatic N) is 4. The van der Waals surface area contributed by atoms with Crippen molar-refractivity contribution in [2.75, 3.05) is 6.54 Å². The van der Waals surface area contributed by atoms with E-state index in [0.717, 1.165) is 12.8 Å². The van der Waals surface area contributed by atoms with Gasteiger partial charge in [-0.3, -0.25) is 14.2 Å². The topological polar surface area (TPSA) is 119 Å². The lowest BCUT2D eigenvalue weighted by molar-refractivity contribution is -0.389. The number of carboxylic acid groups (broad SMARTS) is 1. The van der Waals surface area contributed by atoms with E-state index in [4.69, 9.17) is 5.11 Å². The second kappa shape index (κ2) is 6.12. The number of rotatable bonds is 7. The molecular formula is C13H18N4O5. The van der Waals surface area contributed by atoms with Gasteiger partial charge in [-0.1, -0.05) is 6.92 Å². The number of amides is 1. The molecule has 1 atom stereocenters. The molecule has 1 aliphatic carbocycles. The fraction of sp³-hybridized carbons (Fsp3) is 0.615. The summed E-state index contributed by atoms with van der Waals surface area (Å²) in [5.41, 5.74) is 0. The zero-order valence-corrected chi connectivity index (χ0v) is 12.4. The highest BCUT2D eigenvalue weighted by atomic mass is 16.6. The van der Waals surface area contributed by atoms with E-state index in [1.807, 2.05) is 0 Å². The van der Waals surface area contributed by atoms with Crippen LogP contribution in [0, 0.1) is 23.0 Å². The SMILES string of the molecule is Cc1nc([N+](=O)[O-])cn1CC(=O)N(CC(C)C(=O)O)C1CC1. The van der Waals surface area contributed by atoms with Gasteiger partial charge in [0.15, 0.2) is 0 Å². The van der Waals surface area contributed by atoms with Gasteiger partial charge in [0.25, 0.3) is 0 Å². The van der Waals surface area contributed by atoms with Crippen LogP contribution in [-0.4, -0.2) is 48.9 Å². The lowest BCUT2D eigenvalue weighted by Crippen LogP contribution is -2.40. The van der Waals surface area contributed by atoms with Gasteiger partial charge >= 0.3 is 11.8 Å². The van der Waals surface area contributed by atoms with Crippen LogP contribution < -0.4 is 0 Å². The summed E-state index contributed by atoms with van der Waals surface area (Å²) in [6.45, 7) is 3.21. The molecule has 1 fully saturated rings. The van der Waals surface area contributed by atoms with Crippen LogP contribution in [-0.2, 0) is 16.1 Å². The molecule has 2 rings (SSSR count). The van der Waals surface area contributed by atoms with Crippen molar-refractivity contribution in [3.05, 3.63) is 22.1 Å². The molecule has 1 heterocycles. The molecule has 0 spiro atoms. The van der Waals surface area contributed by atoms with Gasteiger partial charge < -0.3 is 20.1 Å². The quantitative estimate of drug-likeness (QED) is 0.588. The molecule has 1 aromatic heterocycles. The van der Waals surface area contributed by atoms with E-state index in [1.54, 1.807) is 18.7 Å². The summed E-state index contributed by atoms with van der Waals surface area (Å²) in [5.74, 6) is -1.77. The molecule has 1 aromatic rings. The van der Waals surface area contributed by atoms with E-state index in [1.165, 1.54) is 10.8 Å². The Balaban J connectivity index is 2.08. The smallest absolute Gasteiger partial charge is 0.381 e. The molecule has 0 aromatic carbocycles. The first-order valence-electron chi connectivity index (χ1n) is 7.00. The summed E-state index contributed by atoms with van der Waals surface area (Å²) in [6, 6.07) is 0.0770. The highest BCUT2D eigenvalue weighted by Crippen LogP contribution is 2.28. The summed E-state index contributed by atoms with van der Waals surface area (Å²) in [6.07, 6.45) is 2.95. The largest absolute Gasteiger partial charge is 0.481 e. The van der Waals surface area contributed by atoms with E-state index in [2.05, 4.69) is 4.98 Å². The summed E-state index contributed by atoms with van der Waals surface area (Å²) in [5, 5.41) is 19.7. The zero-order chi connectivity index (χ0) is 16.4. The van der Waals surface area contributed by atoms with Gasteiger partial charge in [-0.2, -0.15) is 0 Å². The van der Waals surface area contributed by atoms with Crippen molar-refractivity contribution in [3.8, 4) is 0 Å². The Bertz CT molecular complexity index is 608. The highest BCUT2D eigenvalue weighted by Gasteiger charge is 2.34. The number of carboxylic acids is 1. The Labute approximate surface area is 126 Å². The Morgan fingerprint density at radius 2 is 2.23 bits per heavy atom. The molecule has 1 amide bonds. The fourth-order valence-corrected chi connectivity index (χ4v) is 2.19. The summed E-state index contributed by atoms with van der Waals surface area (Å²) in [7, 11) is 0. The number of hydrogen-bond acceptors (Lipinski definition) is 5. The van der Waals surface area contributed by atoms with Gasteiger partial charge in [-0.25, -0.2) is 0 Å². The van der Waals surface area contributed by atoms with Crippen LogP contribution in [0.4, 0.5) is 5.82 Å². The third-order valence-corrected chi connectivity index (χ3v) is 3.66. The highest BCUT2D eigenvalue weighted by molar-refractivity contribution is 5.78. The van der Waals surface area contributed by atoms with Crippen molar-refractivity contribution in [2.45, 2.75) is 39.3 Å². The van der Waals surface area contributed by atoms with Crippen LogP contribution >= 0.6 is 0 Å². The summed E-state index contributed by atoms with van der Waals surface area (Å²) >= 11 is 0. The van der Waals surface area contributed by atoms with Crippen molar-refractivity contribution in [2.24, 2.45) is 5.92 Å². The first-order valence-corrected chi connectivity index (χ1v) is 7.00. The summed E-state index contributed by atoms with van der Waals surface area (Å²) in [4.78, 5) is 38.8. The normalized spacial score (nSPS) is 15.4. The second-order valence-corrected chi connectivity index (χ2v) is 5.55. The summed E-state index contributed by atoms with van der Waals surface area (Å²) < 4.78 is 1.42. The Morgan fingerprint density at radius 3 is 2.68 bits per heavy atom. The molecule has 120 valence electrons. The lowest BCUT2D eigenvalue weighted by atomic mass is 10.1. The molecule has 1 unspecified atom stereocenters. The lowest BCUT2D eigenvalue weighted by Gasteiger charge is -2.24. The molecule has 0 aliphatic heterocycles. The van der Waals surface area contributed by atoms with Crippen molar-refractivity contribution in [1.82, 2.24) is 14.5 Å². The molecule has 0 radical (unpaired) electrons. The van der Waals surface area contributed by atoms with Crippen molar-refractivity contribution in [1.29, 1.82) is 0 Å². The van der Waals surface area contributed by atoms with Crippen LogP contribution in [0.3, 0.4) is 0 Å². The number of imidazole rings is 1. The Kier molecular flexibility index (Phi) is 4.43. The average molecular weight is 310 g/mol. The maximum absolute atomic E-state index is 12.4. The average Bonchev–Trinajstić information content (AvgIpc) is 3.20. The standard InChI is InChI=1S/C13H18N4O5/c1-8(13(19)20)5-16(10-3-4-10)12(18)7-15-6-11(17(21)22)14-9(15)2/h6,8,10H,3-5,7H2,1-2H3,(H,19,20). The molecule has 9 nitrogen and oxygen atoms in total. The molecular weight excluding hydrogens is 292 g/mol. The zero-order valence-electron chi connectivity index (χ0n) is 12.4. The van der Waals surface area contributed by atoms with Crippen LogP contribution in [0.15, 0.2) is 6.20 Å². The van der Waals surface area contributed by atoms with Gasteiger partial charge in [0.2, 0.25) is 11.7 Å². The number of aryl methyl sites for hydroxylation is 1. The molecule has 0 saturated heterocycles. The van der Waals surface area contributed by atoms with Gasteiger partial charge in [0, 0.05) is 19.5 Å². The van der Waals surface area contributed by atoms with Crippen molar-refractivity contribution < 1.29 is 19.6 Å². The van der Waals surface area contributed by atoms with Gasteiger partial charge in [0.1, 0.15) is 12.7 Å². The van der Waals surface area contributed by atoms with Crippen LogP contribution in [0.5, 0.6) is 0 Å². The predicted molar refractivity (Wildman–Crippen MR) is 75.2 cm³/mol. The fourth-order valence-electron chi connectivity index (χ4n) is 2.19. The minimum atomic E-state index is -0.951. The first-order chi connectivity index (χ1) is 10.3. The monoisotopic (exact) mass is 310 g/mol. The maximum atomic E-state index is 12.4. The molecule has 0 bridgehead atoms. The number of aromatic nitrogens is 2. The van der Waals surface area contributed by atoms with Gasteiger partial charge in [-0.15, -0.1) is 0 Å². The Morgan fingerprint density at radius 1 is 1.59 bits per heavy atom. The van der Waals surface area contributed by atoms with Crippen molar-refractivity contribution in [3.63, 3.8) is 0 Å². The second-order valence-electron chi connectivity index (χ2n) is 5.55. The molecule has 1 aliphatic rings. The molecule has 22 heavy (non-hydrogen) atoms. The number of nitro groups is 1. The Hall–Kier alpha value is -2.45. The van der Waals surface area contributed by atoms with Crippen LogP contribution in [0.25, 0.3) is 0 Å². The van der Waals surface area contributed by atoms with E-state index in [9.17, 15) is 19.7 Å². The van der Waals surface area contributed by atoms with E-state index >= 15 is 0 Å². The predicted octanol–water partition coefficient (Wildman–Crippen LogP) is 0.811. The molecule has 1 saturated carbocycles. The number of hydrogen-bond donors (Lipinski definition) is 1. The molecule has 9 heteroatoms. The first kappa shape index (κ1) is 15.9.